The summed E-state index contributed by atoms with van der Waals surface area (Å²) in [6.07, 6.45) is 9.54. The van der Waals surface area contributed by atoms with Gasteiger partial charge in [0.2, 0.25) is 11.8 Å². The molecule has 190 valence electrons. The number of aromatic nitrogens is 5. The molecule has 3 aromatic heterocycles. The quantitative estimate of drug-likeness (QED) is 0.200. The molecule has 1 aromatic carbocycles. The highest BCUT2D eigenvalue weighted by molar-refractivity contribution is 5.78. The molecule has 0 spiro atoms. The molecule has 0 unspecified atom stereocenters. The van der Waals surface area contributed by atoms with Crippen LogP contribution in [-0.2, 0) is 0 Å². The fraction of sp³-hybridized carbons (Fsp3) is 0.0690. The van der Waals surface area contributed by atoms with E-state index in [0.29, 0.717) is 28.6 Å². The van der Waals surface area contributed by atoms with Gasteiger partial charge in [-0.2, -0.15) is 20.5 Å². The van der Waals surface area contributed by atoms with Gasteiger partial charge in [0.25, 0.3) is 5.89 Å². The zero-order valence-electron chi connectivity index (χ0n) is 21.3. The number of nitrogens with one attached hydrogen (secondary N) is 2. The minimum atomic E-state index is 0.206. The van der Waals surface area contributed by atoms with Crippen LogP contribution < -0.4 is 10.6 Å². The Kier molecular flexibility index (Phi) is 8.00. The Morgan fingerprint density at radius 3 is 2.54 bits per heavy atom. The van der Waals surface area contributed by atoms with Crippen molar-refractivity contribution >= 4 is 23.5 Å². The molecule has 10 nitrogen and oxygen atoms in total. The maximum atomic E-state index is 8.91. The van der Waals surface area contributed by atoms with E-state index in [4.69, 9.17) is 15.0 Å². The van der Waals surface area contributed by atoms with E-state index in [9.17, 15) is 0 Å². The fourth-order valence-electron chi connectivity index (χ4n) is 3.59. The van der Waals surface area contributed by atoms with Crippen LogP contribution in [0.25, 0.3) is 29.0 Å². The van der Waals surface area contributed by atoms with E-state index in [0.717, 1.165) is 22.4 Å². The molecule has 0 fully saturated rings. The van der Waals surface area contributed by atoms with Gasteiger partial charge in [-0.25, -0.2) is 4.98 Å². The van der Waals surface area contributed by atoms with Crippen molar-refractivity contribution in [3.05, 3.63) is 102 Å². The Hall–Kier alpha value is -5.87. The van der Waals surface area contributed by atoms with Gasteiger partial charge in [0.15, 0.2) is 0 Å². The van der Waals surface area contributed by atoms with E-state index < -0.39 is 0 Å². The number of nitrogens with zero attached hydrogens (tertiary/aromatic N) is 7. The third-order valence-corrected chi connectivity index (χ3v) is 5.39. The minimum Gasteiger partial charge on any atom is -0.339 e. The summed E-state index contributed by atoms with van der Waals surface area (Å²) in [4.78, 5) is 17.8. The Bertz CT molecular complexity index is 1660. The van der Waals surface area contributed by atoms with Gasteiger partial charge < -0.3 is 15.2 Å². The van der Waals surface area contributed by atoms with Crippen molar-refractivity contribution in [3.63, 3.8) is 0 Å². The van der Waals surface area contributed by atoms with Gasteiger partial charge in [-0.15, -0.1) is 0 Å². The Balaban J connectivity index is 1.73. The number of allylic oxidation sites excluding steroid dienone is 4. The highest BCUT2D eigenvalue weighted by Gasteiger charge is 2.19. The lowest BCUT2D eigenvalue weighted by Crippen LogP contribution is -2.06. The first-order valence-electron chi connectivity index (χ1n) is 11.7. The number of anilines is 3. The fourth-order valence-corrected chi connectivity index (χ4v) is 3.59. The number of rotatable bonds is 9. The summed E-state index contributed by atoms with van der Waals surface area (Å²) in [5.41, 5.74) is 5.39. The first kappa shape index (κ1) is 26.2. The molecule has 0 radical (unpaired) electrons. The molecule has 0 aliphatic rings. The third kappa shape index (κ3) is 6.47. The van der Waals surface area contributed by atoms with Crippen molar-refractivity contribution in [1.29, 1.82) is 10.5 Å². The van der Waals surface area contributed by atoms with Crippen LogP contribution in [0.15, 0.2) is 89.9 Å². The largest absolute Gasteiger partial charge is 0.339 e. The molecule has 0 aliphatic carbocycles. The summed E-state index contributed by atoms with van der Waals surface area (Å²) in [6.45, 7) is 11.5. The monoisotopic (exact) mass is 513 g/mol. The lowest BCUT2D eigenvalue weighted by molar-refractivity contribution is 0.432. The molecule has 2 N–H and O–H groups in total. The predicted octanol–water partition coefficient (Wildman–Crippen LogP) is 6.05. The van der Waals surface area contributed by atoms with E-state index in [-0.39, 0.29) is 17.4 Å². The molecule has 0 atom stereocenters. The molecule has 3 heterocycles. The Morgan fingerprint density at radius 1 is 1.05 bits per heavy atom. The van der Waals surface area contributed by atoms with E-state index in [1.54, 1.807) is 36.7 Å². The highest BCUT2D eigenvalue weighted by atomic mass is 16.5. The lowest BCUT2D eigenvalue weighted by atomic mass is 10.0. The van der Waals surface area contributed by atoms with Crippen molar-refractivity contribution in [3.8, 4) is 35.1 Å². The van der Waals surface area contributed by atoms with Crippen molar-refractivity contribution in [1.82, 2.24) is 25.1 Å². The Labute approximate surface area is 225 Å². The van der Waals surface area contributed by atoms with E-state index in [2.05, 4.69) is 48.9 Å². The molecule has 0 amide bonds. The molecular weight excluding hydrogens is 490 g/mol. The SMILES string of the molecule is C=C(C#N)/C=C\C(=C)Nc1ncc(-c2nc(-c3ccccn3)no2)c(Nc2c(C)cc(/C=C/C#N)cc2C)n1. The van der Waals surface area contributed by atoms with Crippen LogP contribution in [0.2, 0.25) is 0 Å². The van der Waals surface area contributed by atoms with Crippen LogP contribution in [0.1, 0.15) is 16.7 Å². The summed E-state index contributed by atoms with van der Waals surface area (Å²) in [5.74, 6) is 1.20. The summed E-state index contributed by atoms with van der Waals surface area (Å²) in [6, 6.07) is 13.3. The average Bonchev–Trinajstić information content (AvgIpc) is 3.43. The zero-order chi connectivity index (χ0) is 27.8. The molecule has 4 aromatic rings. The molecule has 39 heavy (non-hydrogen) atoms. The first-order chi connectivity index (χ1) is 18.9. The summed E-state index contributed by atoms with van der Waals surface area (Å²) in [5, 5.41) is 28.2. The normalized spacial score (nSPS) is 10.8. The number of nitriles is 2. The summed E-state index contributed by atoms with van der Waals surface area (Å²) >= 11 is 0. The molecule has 4 rings (SSSR count). The molecular formula is C29H23N9O. The van der Waals surface area contributed by atoms with Gasteiger partial charge in [0.1, 0.15) is 17.1 Å². The van der Waals surface area contributed by atoms with Gasteiger partial charge in [-0.05, 0) is 73.0 Å². The van der Waals surface area contributed by atoms with Crippen LogP contribution in [-0.4, -0.2) is 25.1 Å². The predicted molar refractivity (Wildman–Crippen MR) is 149 cm³/mol. The number of hydrogen-bond donors (Lipinski definition) is 2. The first-order valence-corrected chi connectivity index (χ1v) is 11.7. The lowest BCUT2D eigenvalue weighted by Gasteiger charge is -2.16. The molecule has 0 saturated carbocycles. The van der Waals surface area contributed by atoms with Crippen LogP contribution in [0.3, 0.4) is 0 Å². The smallest absolute Gasteiger partial charge is 0.263 e. The van der Waals surface area contributed by atoms with Crippen molar-refractivity contribution in [2.24, 2.45) is 0 Å². The average molecular weight is 514 g/mol. The van der Waals surface area contributed by atoms with E-state index in [1.165, 1.54) is 12.2 Å². The van der Waals surface area contributed by atoms with Gasteiger partial charge in [-0.3, -0.25) is 4.98 Å². The summed E-state index contributed by atoms with van der Waals surface area (Å²) in [7, 11) is 0. The van der Waals surface area contributed by atoms with E-state index in [1.807, 2.05) is 44.2 Å². The van der Waals surface area contributed by atoms with Crippen LogP contribution >= 0.6 is 0 Å². The third-order valence-electron chi connectivity index (χ3n) is 5.39. The van der Waals surface area contributed by atoms with E-state index >= 15 is 0 Å². The zero-order valence-corrected chi connectivity index (χ0v) is 21.3. The Morgan fingerprint density at radius 2 is 1.85 bits per heavy atom. The molecule has 0 bridgehead atoms. The maximum Gasteiger partial charge on any atom is 0.263 e. The number of benzene rings is 1. The van der Waals surface area contributed by atoms with Crippen molar-refractivity contribution in [2.75, 3.05) is 10.6 Å². The topological polar surface area (TPSA) is 149 Å². The number of aryl methyl sites for hydroxylation is 2. The van der Waals surface area contributed by atoms with Crippen LogP contribution in [0, 0.1) is 36.5 Å². The van der Waals surface area contributed by atoms with Gasteiger partial charge in [0.05, 0.1) is 12.1 Å². The van der Waals surface area contributed by atoms with Crippen molar-refractivity contribution in [2.45, 2.75) is 13.8 Å². The number of pyridine rings is 1. The standard InChI is InChI=1S/C29H23N9O/c1-18(16-31)10-11-21(4)34-29-33-17-23(28-36-27(38-39-28)24-9-5-6-13-32-24)26(37-29)35-25-19(2)14-22(8-7-12-30)15-20(25)3/h5-11,13-15,17H,1,4H2,2-3H3,(H2,33,34,35,37)/b8-7+,11-10-. The second kappa shape index (κ2) is 11.9. The second-order valence-electron chi connectivity index (χ2n) is 8.33. The minimum absolute atomic E-state index is 0.206. The highest BCUT2D eigenvalue weighted by Crippen LogP contribution is 2.32. The molecule has 0 aliphatic heterocycles. The van der Waals surface area contributed by atoms with Crippen LogP contribution in [0.4, 0.5) is 17.5 Å². The van der Waals surface area contributed by atoms with Gasteiger partial charge in [-0.1, -0.05) is 24.4 Å². The molecule has 0 saturated heterocycles. The van der Waals surface area contributed by atoms with Crippen LogP contribution in [0.5, 0.6) is 0 Å². The van der Waals surface area contributed by atoms with Crippen molar-refractivity contribution < 1.29 is 4.52 Å². The van der Waals surface area contributed by atoms with Gasteiger partial charge >= 0.3 is 0 Å². The summed E-state index contributed by atoms with van der Waals surface area (Å²) < 4.78 is 5.56. The van der Waals surface area contributed by atoms with Gasteiger partial charge in [0, 0.05) is 35.4 Å². The molecule has 10 heteroatoms. The maximum absolute atomic E-state index is 8.91. The number of hydrogen-bond acceptors (Lipinski definition) is 10. The second-order valence-corrected chi connectivity index (χ2v) is 8.33.